The van der Waals surface area contributed by atoms with E-state index in [1.165, 1.54) is 0 Å². The minimum Gasteiger partial charge on any atom is -0.455 e. The van der Waals surface area contributed by atoms with Gasteiger partial charge in [-0.15, -0.1) is 0 Å². The highest BCUT2D eigenvalue weighted by Gasteiger charge is 2.39. The van der Waals surface area contributed by atoms with Crippen LogP contribution in [0.1, 0.15) is 35.2 Å². The number of hydrogen-bond acceptors (Lipinski definition) is 4. The summed E-state index contributed by atoms with van der Waals surface area (Å²) in [6.07, 6.45) is 3.01. The van der Waals surface area contributed by atoms with Gasteiger partial charge in [0, 0.05) is 13.2 Å². The average Bonchev–Trinajstić information content (AvgIpc) is 3.17. The molecular weight excluding hydrogens is 328 g/mol. The van der Waals surface area contributed by atoms with E-state index in [9.17, 15) is 10.1 Å². The van der Waals surface area contributed by atoms with Crippen molar-refractivity contribution < 1.29 is 14.3 Å². The lowest BCUT2D eigenvalue weighted by atomic mass is 9.97. The van der Waals surface area contributed by atoms with Gasteiger partial charge in [0.15, 0.2) is 0 Å². The maximum Gasteiger partial charge on any atom is 0.257 e. The predicted molar refractivity (Wildman–Crippen MR) is 96.1 cm³/mol. The summed E-state index contributed by atoms with van der Waals surface area (Å²) in [5.74, 6) is 0.896. The lowest BCUT2D eigenvalue weighted by Crippen LogP contribution is -2.48. The van der Waals surface area contributed by atoms with E-state index in [2.05, 4.69) is 6.07 Å². The Kier molecular flexibility index (Phi) is 4.59. The van der Waals surface area contributed by atoms with Crippen LogP contribution in [0.25, 0.3) is 0 Å². The standard InChI is InChI=1S/C21H20N2O3/c22-14-15-6-1-3-8-18(15)26-19-9-4-2-7-16(19)21(24)23-12-5-10-20-17(23)11-13-25-20/h1-4,6-9,17,20H,5,10-13H2/t17-,20-/m1/s1. The smallest absolute Gasteiger partial charge is 0.257 e. The lowest BCUT2D eigenvalue weighted by Gasteiger charge is -2.36. The molecule has 0 spiro atoms. The van der Waals surface area contributed by atoms with Gasteiger partial charge < -0.3 is 14.4 Å². The number of likely N-dealkylation sites (tertiary alicyclic amines) is 1. The number of carbonyl (C=O) groups is 1. The first-order valence-electron chi connectivity index (χ1n) is 8.96. The van der Waals surface area contributed by atoms with Crippen molar-refractivity contribution >= 4 is 5.91 Å². The van der Waals surface area contributed by atoms with E-state index in [0.717, 1.165) is 25.8 Å². The van der Waals surface area contributed by atoms with Gasteiger partial charge >= 0.3 is 0 Å². The maximum atomic E-state index is 13.2. The number of nitriles is 1. The number of piperidine rings is 1. The molecule has 2 heterocycles. The monoisotopic (exact) mass is 348 g/mol. The minimum absolute atomic E-state index is 0.0322. The molecule has 0 radical (unpaired) electrons. The molecule has 2 saturated heterocycles. The molecule has 26 heavy (non-hydrogen) atoms. The predicted octanol–water partition coefficient (Wildman–Crippen LogP) is 3.74. The molecule has 0 unspecified atom stereocenters. The summed E-state index contributed by atoms with van der Waals surface area (Å²) in [6.45, 7) is 1.46. The summed E-state index contributed by atoms with van der Waals surface area (Å²) in [7, 11) is 0. The zero-order valence-corrected chi connectivity index (χ0v) is 14.4. The van der Waals surface area contributed by atoms with Crippen molar-refractivity contribution in [2.45, 2.75) is 31.4 Å². The molecule has 2 aromatic rings. The van der Waals surface area contributed by atoms with Gasteiger partial charge in [-0.25, -0.2) is 0 Å². The Balaban J connectivity index is 1.63. The molecular formula is C21H20N2O3. The SMILES string of the molecule is N#Cc1ccccc1Oc1ccccc1C(=O)N1CCC[C@H]2OCC[C@H]21. The lowest BCUT2D eigenvalue weighted by molar-refractivity contribution is 0.0229. The minimum atomic E-state index is -0.0322. The Morgan fingerprint density at radius 2 is 1.88 bits per heavy atom. The van der Waals surface area contributed by atoms with Gasteiger partial charge in [-0.05, 0) is 43.5 Å². The molecule has 0 aromatic heterocycles. The molecule has 2 aliphatic rings. The Morgan fingerprint density at radius 3 is 2.73 bits per heavy atom. The van der Waals surface area contributed by atoms with Gasteiger partial charge in [-0.1, -0.05) is 24.3 Å². The second kappa shape index (κ2) is 7.19. The van der Waals surface area contributed by atoms with Crippen LogP contribution < -0.4 is 4.74 Å². The van der Waals surface area contributed by atoms with Crippen molar-refractivity contribution in [1.29, 1.82) is 5.26 Å². The molecule has 2 fully saturated rings. The highest BCUT2D eigenvalue weighted by molar-refractivity contribution is 5.97. The number of benzene rings is 2. The molecule has 0 bridgehead atoms. The fraction of sp³-hybridized carbons (Fsp3) is 0.333. The van der Waals surface area contributed by atoms with Gasteiger partial charge in [0.1, 0.15) is 17.6 Å². The largest absolute Gasteiger partial charge is 0.455 e. The highest BCUT2D eigenvalue weighted by atomic mass is 16.5. The second-order valence-electron chi connectivity index (χ2n) is 6.61. The number of amides is 1. The van der Waals surface area contributed by atoms with Crippen molar-refractivity contribution in [3.05, 3.63) is 59.7 Å². The summed E-state index contributed by atoms with van der Waals surface area (Å²) in [5, 5.41) is 9.26. The van der Waals surface area contributed by atoms with Gasteiger partial charge in [0.05, 0.1) is 23.3 Å². The van der Waals surface area contributed by atoms with Crippen LogP contribution >= 0.6 is 0 Å². The molecule has 0 saturated carbocycles. The Labute approximate surface area is 152 Å². The van der Waals surface area contributed by atoms with Gasteiger partial charge in [0.2, 0.25) is 0 Å². The van der Waals surface area contributed by atoms with E-state index in [1.54, 1.807) is 30.3 Å². The zero-order valence-electron chi connectivity index (χ0n) is 14.4. The van der Waals surface area contributed by atoms with E-state index in [-0.39, 0.29) is 18.1 Å². The Bertz CT molecular complexity index is 858. The molecule has 1 amide bonds. The fourth-order valence-electron chi connectivity index (χ4n) is 3.80. The summed E-state index contributed by atoms with van der Waals surface area (Å²) in [6, 6.07) is 16.5. The summed E-state index contributed by atoms with van der Waals surface area (Å²) in [5.41, 5.74) is 0.963. The summed E-state index contributed by atoms with van der Waals surface area (Å²) < 4.78 is 11.7. The van der Waals surface area contributed by atoms with Gasteiger partial charge in [-0.3, -0.25) is 4.79 Å². The molecule has 2 aliphatic heterocycles. The van der Waals surface area contributed by atoms with E-state index in [4.69, 9.17) is 9.47 Å². The van der Waals surface area contributed by atoms with Gasteiger partial charge in [0.25, 0.3) is 5.91 Å². The number of rotatable bonds is 3. The van der Waals surface area contributed by atoms with Crippen LogP contribution in [0.15, 0.2) is 48.5 Å². The number of nitrogens with zero attached hydrogens (tertiary/aromatic N) is 2. The van der Waals surface area contributed by atoms with Crippen LogP contribution in [0.3, 0.4) is 0 Å². The average molecular weight is 348 g/mol. The molecule has 0 N–H and O–H groups in total. The van der Waals surface area contributed by atoms with Crippen molar-refractivity contribution in [3.8, 4) is 17.6 Å². The third kappa shape index (κ3) is 3.04. The summed E-state index contributed by atoms with van der Waals surface area (Å²) >= 11 is 0. The molecule has 2 atom stereocenters. The van der Waals surface area contributed by atoms with Crippen molar-refractivity contribution in [1.82, 2.24) is 4.90 Å². The first-order valence-corrected chi connectivity index (χ1v) is 8.96. The number of para-hydroxylation sites is 2. The molecule has 132 valence electrons. The van der Waals surface area contributed by atoms with Crippen LogP contribution in [0.2, 0.25) is 0 Å². The van der Waals surface area contributed by atoms with Gasteiger partial charge in [-0.2, -0.15) is 5.26 Å². The van der Waals surface area contributed by atoms with E-state index in [1.807, 2.05) is 23.1 Å². The first-order chi connectivity index (χ1) is 12.8. The topological polar surface area (TPSA) is 62.6 Å². The van der Waals surface area contributed by atoms with E-state index in [0.29, 0.717) is 29.2 Å². The van der Waals surface area contributed by atoms with Crippen LogP contribution in [-0.4, -0.2) is 36.1 Å². The molecule has 2 aromatic carbocycles. The van der Waals surface area contributed by atoms with Crippen LogP contribution in [0.5, 0.6) is 11.5 Å². The molecule has 4 rings (SSSR count). The Hall–Kier alpha value is -2.84. The number of ether oxygens (including phenoxy) is 2. The molecule has 0 aliphatic carbocycles. The molecule has 5 heteroatoms. The first kappa shape index (κ1) is 16.6. The quantitative estimate of drug-likeness (QED) is 0.847. The third-order valence-electron chi connectivity index (χ3n) is 5.07. The normalized spacial score (nSPS) is 21.7. The number of hydrogen-bond donors (Lipinski definition) is 0. The highest BCUT2D eigenvalue weighted by Crippen LogP contribution is 2.33. The van der Waals surface area contributed by atoms with E-state index < -0.39 is 0 Å². The maximum absolute atomic E-state index is 13.2. The Morgan fingerprint density at radius 1 is 1.12 bits per heavy atom. The van der Waals surface area contributed by atoms with Crippen LogP contribution in [-0.2, 0) is 4.74 Å². The van der Waals surface area contributed by atoms with Crippen LogP contribution in [0.4, 0.5) is 0 Å². The van der Waals surface area contributed by atoms with E-state index >= 15 is 0 Å². The number of fused-ring (bicyclic) bond motifs is 1. The van der Waals surface area contributed by atoms with Crippen molar-refractivity contribution in [2.24, 2.45) is 0 Å². The van der Waals surface area contributed by atoms with Crippen molar-refractivity contribution in [3.63, 3.8) is 0 Å². The zero-order chi connectivity index (χ0) is 17.9. The van der Waals surface area contributed by atoms with Crippen LogP contribution in [0, 0.1) is 11.3 Å². The molecule has 5 nitrogen and oxygen atoms in total. The fourth-order valence-corrected chi connectivity index (χ4v) is 3.80. The van der Waals surface area contributed by atoms with Crippen molar-refractivity contribution in [2.75, 3.05) is 13.2 Å². The summed E-state index contributed by atoms with van der Waals surface area (Å²) in [4.78, 5) is 15.2. The third-order valence-corrected chi connectivity index (χ3v) is 5.07. The second-order valence-corrected chi connectivity index (χ2v) is 6.61. The number of carbonyl (C=O) groups excluding carboxylic acids is 1.